The summed E-state index contributed by atoms with van der Waals surface area (Å²) in [7, 11) is 1.69. The average molecular weight is 196 g/mol. The van der Waals surface area contributed by atoms with E-state index in [0.29, 0.717) is 0 Å². The van der Waals surface area contributed by atoms with Gasteiger partial charge >= 0.3 is 0 Å². The van der Waals surface area contributed by atoms with Gasteiger partial charge in [-0.05, 0) is 37.8 Å². The first-order chi connectivity index (χ1) is 6.10. The van der Waals surface area contributed by atoms with Crippen LogP contribution in [0.1, 0.15) is 19.4 Å². The van der Waals surface area contributed by atoms with E-state index >= 15 is 0 Å². The molecule has 0 N–H and O–H groups in total. The summed E-state index contributed by atoms with van der Waals surface area (Å²) in [5.41, 5.74) is 1.33. The van der Waals surface area contributed by atoms with Crippen molar-refractivity contribution in [1.29, 1.82) is 0 Å². The van der Waals surface area contributed by atoms with Crippen LogP contribution in [0.3, 0.4) is 0 Å². The molecule has 1 aromatic carbocycles. The molecular formula is C11H16OS. The largest absolute Gasteiger partial charge is 0.497 e. The predicted molar refractivity (Wildman–Crippen MR) is 59.5 cm³/mol. The Morgan fingerprint density at radius 2 is 1.69 bits per heavy atom. The highest BCUT2D eigenvalue weighted by atomic mass is 32.2. The zero-order valence-electron chi connectivity index (χ0n) is 8.63. The van der Waals surface area contributed by atoms with Crippen LogP contribution in [0.2, 0.25) is 0 Å². The first-order valence-electron chi connectivity index (χ1n) is 4.30. The summed E-state index contributed by atoms with van der Waals surface area (Å²) in [6.45, 7) is 4.44. The average Bonchev–Trinajstić information content (AvgIpc) is 2.18. The molecule has 0 atom stereocenters. The van der Waals surface area contributed by atoms with Crippen LogP contribution >= 0.6 is 11.8 Å². The van der Waals surface area contributed by atoms with E-state index in [9.17, 15) is 0 Å². The first kappa shape index (κ1) is 10.5. The highest BCUT2D eigenvalue weighted by Crippen LogP contribution is 2.34. The van der Waals surface area contributed by atoms with Crippen LogP contribution in [-0.2, 0) is 4.75 Å². The molecule has 0 bridgehead atoms. The lowest BCUT2D eigenvalue weighted by molar-refractivity contribution is 0.414. The molecule has 1 nitrogen and oxygen atoms in total. The minimum atomic E-state index is 0.187. The maximum Gasteiger partial charge on any atom is 0.118 e. The van der Waals surface area contributed by atoms with Crippen LogP contribution in [0, 0.1) is 0 Å². The summed E-state index contributed by atoms with van der Waals surface area (Å²) < 4.78 is 5.30. The Bertz CT molecular complexity index is 264. The minimum absolute atomic E-state index is 0.187. The van der Waals surface area contributed by atoms with E-state index < -0.39 is 0 Å². The van der Waals surface area contributed by atoms with Gasteiger partial charge in [-0.1, -0.05) is 12.1 Å². The van der Waals surface area contributed by atoms with E-state index in [4.69, 9.17) is 4.74 Å². The monoisotopic (exact) mass is 196 g/mol. The predicted octanol–water partition coefficient (Wildman–Crippen LogP) is 3.29. The Morgan fingerprint density at radius 1 is 1.15 bits per heavy atom. The summed E-state index contributed by atoms with van der Waals surface area (Å²) in [4.78, 5) is 0. The molecule has 0 fully saturated rings. The van der Waals surface area contributed by atoms with E-state index in [2.05, 4.69) is 32.2 Å². The zero-order valence-corrected chi connectivity index (χ0v) is 9.44. The van der Waals surface area contributed by atoms with Gasteiger partial charge in [0.1, 0.15) is 5.75 Å². The SMILES string of the molecule is COc1ccc(C(C)(C)SC)cc1. The molecule has 72 valence electrons. The molecule has 13 heavy (non-hydrogen) atoms. The molecule has 0 heterocycles. The van der Waals surface area contributed by atoms with E-state index in [0.717, 1.165) is 5.75 Å². The highest BCUT2D eigenvalue weighted by molar-refractivity contribution is 7.99. The van der Waals surface area contributed by atoms with Gasteiger partial charge in [-0.15, -0.1) is 0 Å². The molecule has 1 aromatic rings. The number of thioether (sulfide) groups is 1. The number of hydrogen-bond acceptors (Lipinski definition) is 2. The van der Waals surface area contributed by atoms with Gasteiger partial charge in [-0.25, -0.2) is 0 Å². The molecule has 2 heteroatoms. The first-order valence-corrected chi connectivity index (χ1v) is 5.52. The van der Waals surface area contributed by atoms with Crippen molar-refractivity contribution in [3.8, 4) is 5.75 Å². The molecule has 0 aliphatic heterocycles. The van der Waals surface area contributed by atoms with Crippen molar-refractivity contribution in [2.75, 3.05) is 13.4 Å². The van der Waals surface area contributed by atoms with Crippen molar-refractivity contribution < 1.29 is 4.74 Å². The van der Waals surface area contributed by atoms with Gasteiger partial charge in [-0.2, -0.15) is 11.8 Å². The van der Waals surface area contributed by atoms with E-state index in [-0.39, 0.29) is 4.75 Å². The minimum Gasteiger partial charge on any atom is -0.497 e. The molecular weight excluding hydrogens is 180 g/mol. The quantitative estimate of drug-likeness (QED) is 0.733. The second-order valence-electron chi connectivity index (χ2n) is 3.44. The third kappa shape index (κ3) is 2.41. The maximum atomic E-state index is 5.11. The summed E-state index contributed by atoms with van der Waals surface area (Å²) in [5.74, 6) is 0.917. The fourth-order valence-electron chi connectivity index (χ4n) is 1.11. The maximum absolute atomic E-state index is 5.11. The number of hydrogen-bond donors (Lipinski definition) is 0. The summed E-state index contributed by atoms with van der Waals surface area (Å²) in [6.07, 6.45) is 2.13. The Hall–Kier alpha value is -0.630. The van der Waals surface area contributed by atoms with Crippen molar-refractivity contribution in [3.05, 3.63) is 29.8 Å². The topological polar surface area (TPSA) is 9.23 Å². The van der Waals surface area contributed by atoms with Gasteiger partial charge in [0.2, 0.25) is 0 Å². The molecule has 0 aliphatic rings. The Morgan fingerprint density at radius 3 is 2.08 bits per heavy atom. The van der Waals surface area contributed by atoms with E-state index in [1.165, 1.54) is 5.56 Å². The molecule has 0 amide bonds. The van der Waals surface area contributed by atoms with Gasteiger partial charge in [-0.3, -0.25) is 0 Å². The second kappa shape index (κ2) is 4.05. The van der Waals surface area contributed by atoms with Crippen LogP contribution in [0.25, 0.3) is 0 Å². The Kier molecular flexibility index (Phi) is 3.26. The summed E-state index contributed by atoms with van der Waals surface area (Å²) >= 11 is 1.85. The second-order valence-corrected chi connectivity index (χ2v) is 4.87. The van der Waals surface area contributed by atoms with Gasteiger partial charge in [0.05, 0.1) is 7.11 Å². The molecule has 0 spiro atoms. The van der Waals surface area contributed by atoms with Crippen LogP contribution in [0.15, 0.2) is 24.3 Å². The lowest BCUT2D eigenvalue weighted by Gasteiger charge is -2.22. The normalized spacial score (nSPS) is 11.4. The lowest BCUT2D eigenvalue weighted by atomic mass is 10.0. The van der Waals surface area contributed by atoms with Crippen LogP contribution in [0.5, 0.6) is 5.75 Å². The van der Waals surface area contributed by atoms with Gasteiger partial charge < -0.3 is 4.74 Å². The van der Waals surface area contributed by atoms with Crippen molar-refractivity contribution in [2.24, 2.45) is 0 Å². The molecule has 0 aliphatic carbocycles. The summed E-state index contributed by atoms with van der Waals surface area (Å²) in [6, 6.07) is 8.26. The van der Waals surface area contributed by atoms with Crippen molar-refractivity contribution in [1.82, 2.24) is 0 Å². The number of ether oxygens (including phenoxy) is 1. The highest BCUT2D eigenvalue weighted by Gasteiger charge is 2.18. The Balaban J connectivity index is 2.92. The standard InChI is InChI=1S/C11H16OS/c1-11(2,13-4)9-5-7-10(12-3)8-6-9/h5-8H,1-4H3. The fourth-order valence-corrected chi connectivity index (χ4v) is 1.48. The van der Waals surface area contributed by atoms with Crippen LogP contribution < -0.4 is 4.74 Å². The van der Waals surface area contributed by atoms with E-state index in [1.54, 1.807) is 7.11 Å². The van der Waals surface area contributed by atoms with Crippen molar-refractivity contribution in [2.45, 2.75) is 18.6 Å². The smallest absolute Gasteiger partial charge is 0.118 e. The number of benzene rings is 1. The molecule has 1 rings (SSSR count). The Labute approximate surface area is 84.5 Å². The molecule has 0 saturated carbocycles. The van der Waals surface area contributed by atoms with Gasteiger partial charge in [0.15, 0.2) is 0 Å². The molecule has 0 radical (unpaired) electrons. The lowest BCUT2D eigenvalue weighted by Crippen LogP contribution is -2.10. The summed E-state index contributed by atoms with van der Waals surface area (Å²) in [5, 5.41) is 0. The zero-order chi connectivity index (χ0) is 9.90. The van der Waals surface area contributed by atoms with Gasteiger partial charge in [0.25, 0.3) is 0 Å². The van der Waals surface area contributed by atoms with Crippen molar-refractivity contribution >= 4 is 11.8 Å². The van der Waals surface area contributed by atoms with Crippen LogP contribution in [-0.4, -0.2) is 13.4 Å². The third-order valence-electron chi connectivity index (χ3n) is 2.30. The molecule has 0 aromatic heterocycles. The molecule has 0 unspecified atom stereocenters. The van der Waals surface area contributed by atoms with Crippen LogP contribution in [0.4, 0.5) is 0 Å². The van der Waals surface area contributed by atoms with Gasteiger partial charge in [0, 0.05) is 4.75 Å². The fraction of sp³-hybridized carbons (Fsp3) is 0.455. The van der Waals surface area contributed by atoms with E-state index in [1.807, 2.05) is 23.9 Å². The van der Waals surface area contributed by atoms with Crippen molar-refractivity contribution in [3.63, 3.8) is 0 Å². The number of methoxy groups -OCH3 is 1. The third-order valence-corrected chi connectivity index (χ3v) is 3.55. The number of rotatable bonds is 3. The molecule has 0 saturated heterocycles.